The largest absolute Gasteiger partial charge is 0.399 e. The van der Waals surface area contributed by atoms with E-state index in [0.29, 0.717) is 11.1 Å². The lowest BCUT2D eigenvalue weighted by molar-refractivity contribution is 0.0558. The van der Waals surface area contributed by atoms with E-state index < -0.39 is 18.8 Å². The molecule has 8 heteroatoms. The molecule has 0 saturated heterocycles. The maximum absolute atomic E-state index is 14.1. The monoisotopic (exact) mass is 413 g/mol. The molecule has 1 aromatic heterocycles. The van der Waals surface area contributed by atoms with Crippen molar-refractivity contribution in [3.63, 3.8) is 0 Å². The molecule has 24 heavy (non-hydrogen) atoms. The van der Waals surface area contributed by atoms with Crippen molar-refractivity contribution in [1.82, 2.24) is 4.98 Å². The number of fused-ring (bicyclic) bond motifs is 1. The average Bonchev–Trinajstić information content (AvgIpc) is 2.53. The SMILES string of the molecule is O=P(O)(O)C(F)(F)c1cc2nc(-c3ccccc3)ccc2cc1Br. The van der Waals surface area contributed by atoms with E-state index in [-0.39, 0.29) is 9.99 Å². The average molecular weight is 414 g/mol. The van der Waals surface area contributed by atoms with Gasteiger partial charge in [0, 0.05) is 21.0 Å². The summed E-state index contributed by atoms with van der Waals surface area (Å²) in [5.41, 5.74) is -3.48. The second-order valence-electron chi connectivity index (χ2n) is 5.17. The quantitative estimate of drug-likeness (QED) is 0.599. The van der Waals surface area contributed by atoms with Crippen molar-refractivity contribution >= 4 is 34.4 Å². The molecule has 0 amide bonds. The van der Waals surface area contributed by atoms with Gasteiger partial charge in [0.1, 0.15) is 0 Å². The van der Waals surface area contributed by atoms with Gasteiger partial charge in [-0.3, -0.25) is 4.57 Å². The first-order valence-electron chi connectivity index (χ1n) is 6.80. The number of aromatic nitrogens is 1. The minimum Gasteiger partial charge on any atom is -0.320 e. The highest BCUT2D eigenvalue weighted by molar-refractivity contribution is 9.10. The zero-order valence-corrected chi connectivity index (χ0v) is 14.5. The summed E-state index contributed by atoms with van der Waals surface area (Å²) in [5, 5.41) is 0.576. The Morgan fingerprint density at radius 1 is 1.04 bits per heavy atom. The molecule has 0 aliphatic heterocycles. The Kier molecular flexibility index (Phi) is 4.30. The van der Waals surface area contributed by atoms with Gasteiger partial charge in [0.05, 0.1) is 11.2 Å². The van der Waals surface area contributed by atoms with Gasteiger partial charge in [-0.15, -0.1) is 0 Å². The Labute approximate surface area is 144 Å². The number of benzene rings is 2. The fourth-order valence-electron chi connectivity index (χ4n) is 2.30. The first-order valence-corrected chi connectivity index (χ1v) is 9.20. The van der Waals surface area contributed by atoms with Crippen LogP contribution in [-0.4, -0.2) is 14.8 Å². The standard InChI is InChI=1S/C16H11BrF2NO3P/c17-13-8-11-6-7-14(10-4-2-1-3-5-10)20-15(11)9-12(13)16(18,19)24(21,22)23/h1-9H,(H2,21,22,23). The second-order valence-corrected chi connectivity index (χ2v) is 7.68. The van der Waals surface area contributed by atoms with Crippen molar-refractivity contribution in [1.29, 1.82) is 0 Å². The van der Waals surface area contributed by atoms with Crippen LogP contribution in [0, 0.1) is 0 Å². The summed E-state index contributed by atoms with van der Waals surface area (Å²) < 4.78 is 39.2. The molecule has 4 nitrogen and oxygen atoms in total. The van der Waals surface area contributed by atoms with E-state index in [0.717, 1.165) is 11.6 Å². The highest BCUT2D eigenvalue weighted by atomic mass is 79.9. The van der Waals surface area contributed by atoms with Gasteiger partial charge in [-0.05, 0) is 18.2 Å². The van der Waals surface area contributed by atoms with Crippen molar-refractivity contribution in [2.45, 2.75) is 5.66 Å². The summed E-state index contributed by atoms with van der Waals surface area (Å²) >= 11 is 2.96. The topological polar surface area (TPSA) is 70.4 Å². The van der Waals surface area contributed by atoms with Crippen LogP contribution < -0.4 is 0 Å². The van der Waals surface area contributed by atoms with Gasteiger partial charge in [0.2, 0.25) is 0 Å². The van der Waals surface area contributed by atoms with Crippen molar-refractivity contribution in [3.8, 4) is 11.3 Å². The fraction of sp³-hybridized carbons (Fsp3) is 0.0625. The van der Waals surface area contributed by atoms with Gasteiger partial charge in [0.25, 0.3) is 0 Å². The maximum Gasteiger partial charge on any atom is 0.399 e. The first-order chi connectivity index (χ1) is 11.2. The van der Waals surface area contributed by atoms with E-state index in [1.807, 2.05) is 30.3 Å². The van der Waals surface area contributed by atoms with E-state index in [9.17, 15) is 13.3 Å². The molecule has 0 aliphatic rings. The third-order valence-electron chi connectivity index (χ3n) is 3.54. The van der Waals surface area contributed by atoms with Crippen molar-refractivity contribution < 1.29 is 23.1 Å². The van der Waals surface area contributed by atoms with Gasteiger partial charge in [-0.25, -0.2) is 4.98 Å². The molecular weight excluding hydrogens is 403 g/mol. The van der Waals surface area contributed by atoms with Gasteiger partial charge < -0.3 is 9.79 Å². The molecule has 1 heterocycles. The first kappa shape index (κ1) is 17.2. The molecule has 0 fully saturated rings. The normalized spacial score (nSPS) is 12.5. The Morgan fingerprint density at radius 3 is 2.33 bits per heavy atom. The molecule has 0 spiro atoms. The number of rotatable bonds is 3. The summed E-state index contributed by atoms with van der Waals surface area (Å²) in [6, 6.07) is 15.0. The lowest BCUT2D eigenvalue weighted by Gasteiger charge is -2.19. The Balaban J connectivity index is 2.20. The second kappa shape index (κ2) is 6.01. The van der Waals surface area contributed by atoms with E-state index in [4.69, 9.17) is 9.79 Å². The number of nitrogens with zero attached hydrogens (tertiary/aromatic N) is 1. The minimum absolute atomic E-state index is 0.0856. The predicted molar refractivity (Wildman–Crippen MR) is 90.8 cm³/mol. The Hall–Kier alpha value is -1.66. The molecule has 3 aromatic rings. The number of hydrogen-bond acceptors (Lipinski definition) is 2. The lowest BCUT2D eigenvalue weighted by Crippen LogP contribution is -2.14. The van der Waals surface area contributed by atoms with Crippen molar-refractivity contribution in [3.05, 3.63) is 64.6 Å². The van der Waals surface area contributed by atoms with E-state index in [2.05, 4.69) is 20.9 Å². The van der Waals surface area contributed by atoms with Crippen LogP contribution in [0.2, 0.25) is 0 Å². The van der Waals surface area contributed by atoms with Crippen LogP contribution >= 0.6 is 23.5 Å². The molecule has 2 N–H and O–H groups in total. The molecule has 0 aliphatic carbocycles. The molecule has 3 rings (SSSR count). The van der Waals surface area contributed by atoms with Crippen LogP contribution in [0.1, 0.15) is 5.56 Å². The molecule has 0 bridgehead atoms. The predicted octanol–water partition coefficient (Wildman–Crippen LogP) is 4.89. The fourth-order valence-corrected chi connectivity index (χ4v) is 3.56. The molecule has 0 saturated carbocycles. The van der Waals surface area contributed by atoms with E-state index in [1.54, 1.807) is 12.1 Å². The maximum atomic E-state index is 14.1. The molecular formula is C16H11BrF2NO3P. The van der Waals surface area contributed by atoms with Crippen LogP contribution in [0.3, 0.4) is 0 Å². The summed E-state index contributed by atoms with van der Waals surface area (Å²) in [5.74, 6) is 0. The third-order valence-corrected chi connectivity index (χ3v) is 5.17. The molecule has 2 aromatic carbocycles. The van der Waals surface area contributed by atoms with Crippen molar-refractivity contribution in [2.75, 3.05) is 0 Å². The summed E-state index contributed by atoms with van der Waals surface area (Å²) in [6.45, 7) is 0. The number of hydrogen-bond donors (Lipinski definition) is 2. The zero-order valence-electron chi connectivity index (χ0n) is 12.0. The smallest absolute Gasteiger partial charge is 0.320 e. The number of pyridine rings is 1. The highest BCUT2D eigenvalue weighted by Crippen LogP contribution is 2.60. The van der Waals surface area contributed by atoms with Crippen molar-refractivity contribution in [2.24, 2.45) is 0 Å². The highest BCUT2D eigenvalue weighted by Gasteiger charge is 2.51. The Morgan fingerprint density at radius 2 is 1.71 bits per heavy atom. The van der Waals surface area contributed by atoms with Gasteiger partial charge in [-0.2, -0.15) is 8.78 Å². The summed E-state index contributed by atoms with van der Waals surface area (Å²) in [6.07, 6.45) is 0. The van der Waals surface area contributed by atoms with Crippen LogP contribution in [0.4, 0.5) is 8.78 Å². The summed E-state index contributed by atoms with van der Waals surface area (Å²) in [7, 11) is -5.66. The Bertz CT molecular complexity index is 960. The van der Waals surface area contributed by atoms with Crippen LogP contribution in [-0.2, 0) is 10.2 Å². The van der Waals surface area contributed by atoms with Gasteiger partial charge >= 0.3 is 13.3 Å². The van der Waals surface area contributed by atoms with Crippen LogP contribution in [0.25, 0.3) is 22.2 Å². The van der Waals surface area contributed by atoms with Gasteiger partial charge in [-0.1, -0.05) is 52.3 Å². The van der Waals surface area contributed by atoms with Crippen LogP contribution in [0.5, 0.6) is 0 Å². The third kappa shape index (κ3) is 3.00. The lowest BCUT2D eigenvalue weighted by atomic mass is 10.1. The number of halogens is 3. The molecule has 124 valence electrons. The van der Waals surface area contributed by atoms with E-state index in [1.165, 1.54) is 6.07 Å². The van der Waals surface area contributed by atoms with Gasteiger partial charge in [0.15, 0.2) is 0 Å². The molecule has 0 radical (unpaired) electrons. The molecule has 0 atom stereocenters. The van der Waals surface area contributed by atoms with E-state index >= 15 is 0 Å². The van der Waals surface area contributed by atoms with Crippen LogP contribution in [0.15, 0.2) is 59.1 Å². The summed E-state index contributed by atoms with van der Waals surface area (Å²) in [4.78, 5) is 22.2. The zero-order chi connectivity index (χ0) is 17.5. The number of alkyl halides is 2. The molecule has 0 unspecified atom stereocenters. The minimum atomic E-state index is -5.66.